The average Bonchev–Trinajstić information content (AvgIpc) is 2.57. The summed E-state index contributed by atoms with van der Waals surface area (Å²) in [6.45, 7) is 1.95. The predicted molar refractivity (Wildman–Crippen MR) is 85.9 cm³/mol. The van der Waals surface area contributed by atoms with Gasteiger partial charge >= 0.3 is 0 Å². The van der Waals surface area contributed by atoms with Gasteiger partial charge < -0.3 is 9.15 Å². The van der Waals surface area contributed by atoms with Crippen molar-refractivity contribution in [3.63, 3.8) is 0 Å². The van der Waals surface area contributed by atoms with Crippen LogP contribution in [0.4, 0.5) is 4.39 Å². The first-order valence-corrected chi connectivity index (χ1v) is 7.20. The monoisotopic (exact) mass is 310 g/mol. The van der Waals surface area contributed by atoms with Gasteiger partial charge in [-0.25, -0.2) is 4.39 Å². The van der Waals surface area contributed by atoms with E-state index < -0.39 is 0 Å². The van der Waals surface area contributed by atoms with Crippen molar-refractivity contribution in [2.24, 2.45) is 0 Å². The highest BCUT2D eigenvalue weighted by Gasteiger charge is 2.14. The smallest absolute Gasteiger partial charge is 0.234 e. The number of halogens is 1. The van der Waals surface area contributed by atoms with Gasteiger partial charge in [0, 0.05) is 0 Å². The number of hydrogen-bond acceptors (Lipinski definition) is 3. The molecule has 2 aromatic carbocycles. The van der Waals surface area contributed by atoms with Crippen LogP contribution in [0.25, 0.3) is 11.1 Å². The van der Waals surface area contributed by atoms with Crippen LogP contribution in [0, 0.1) is 12.7 Å². The molecule has 1 heterocycles. The van der Waals surface area contributed by atoms with E-state index in [2.05, 4.69) is 0 Å². The van der Waals surface area contributed by atoms with E-state index in [-0.39, 0.29) is 23.6 Å². The zero-order valence-electron chi connectivity index (χ0n) is 12.6. The second-order valence-electron chi connectivity index (χ2n) is 5.14. The highest BCUT2D eigenvalue weighted by atomic mass is 19.1. The molecule has 0 fully saturated rings. The van der Waals surface area contributed by atoms with Gasteiger partial charge in [0.1, 0.15) is 24.4 Å². The fraction of sp³-hybridized carbons (Fsp3) is 0.105. The first kappa shape index (κ1) is 15.0. The van der Waals surface area contributed by atoms with Crippen LogP contribution in [-0.2, 0) is 6.61 Å². The summed E-state index contributed by atoms with van der Waals surface area (Å²) in [4.78, 5) is 12.6. The number of ether oxygens (including phenoxy) is 1. The number of rotatable bonds is 4. The summed E-state index contributed by atoms with van der Waals surface area (Å²) in [6.07, 6.45) is 1.38. The fourth-order valence-corrected chi connectivity index (χ4v) is 2.26. The predicted octanol–water partition coefficient (Wildman–Crippen LogP) is 4.33. The van der Waals surface area contributed by atoms with Gasteiger partial charge in [-0.2, -0.15) is 0 Å². The largest absolute Gasteiger partial charge is 0.482 e. The first-order valence-electron chi connectivity index (χ1n) is 7.20. The van der Waals surface area contributed by atoms with Crippen LogP contribution in [0.2, 0.25) is 0 Å². The Labute approximate surface area is 133 Å². The van der Waals surface area contributed by atoms with E-state index >= 15 is 0 Å². The van der Waals surface area contributed by atoms with E-state index in [1.54, 1.807) is 6.92 Å². The van der Waals surface area contributed by atoms with E-state index in [9.17, 15) is 9.18 Å². The maximum atomic E-state index is 13.0. The SMILES string of the molecule is Cc1occ(-c2ccc(F)cc2)c(=O)c1OCc1ccccc1. The third-order valence-electron chi connectivity index (χ3n) is 3.51. The minimum Gasteiger partial charge on any atom is -0.482 e. The van der Waals surface area contributed by atoms with Crippen LogP contribution < -0.4 is 10.2 Å². The molecule has 0 spiro atoms. The fourth-order valence-electron chi connectivity index (χ4n) is 2.26. The Morgan fingerprint density at radius 3 is 2.43 bits per heavy atom. The Bertz CT molecular complexity index is 852. The molecule has 0 atom stereocenters. The van der Waals surface area contributed by atoms with Gasteiger partial charge in [0.25, 0.3) is 0 Å². The lowest BCUT2D eigenvalue weighted by Crippen LogP contribution is -2.11. The Morgan fingerprint density at radius 2 is 1.74 bits per heavy atom. The molecule has 0 aliphatic rings. The summed E-state index contributed by atoms with van der Waals surface area (Å²) in [6, 6.07) is 15.2. The molecule has 0 N–H and O–H groups in total. The summed E-state index contributed by atoms with van der Waals surface area (Å²) >= 11 is 0. The van der Waals surface area contributed by atoms with Gasteiger partial charge in [-0.3, -0.25) is 4.79 Å². The quantitative estimate of drug-likeness (QED) is 0.720. The Kier molecular flexibility index (Phi) is 4.24. The second kappa shape index (κ2) is 6.48. The molecule has 0 radical (unpaired) electrons. The number of benzene rings is 2. The van der Waals surface area contributed by atoms with Gasteiger partial charge in [0.15, 0.2) is 0 Å². The summed E-state index contributed by atoms with van der Waals surface area (Å²) in [5.74, 6) is 0.235. The molecule has 3 rings (SSSR count). The van der Waals surface area contributed by atoms with Crippen molar-refractivity contribution < 1.29 is 13.5 Å². The van der Waals surface area contributed by atoms with E-state index in [1.807, 2.05) is 30.3 Å². The van der Waals surface area contributed by atoms with Crippen molar-refractivity contribution >= 4 is 0 Å². The molecule has 3 aromatic rings. The average molecular weight is 310 g/mol. The van der Waals surface area contributed by atoms with Crippen molar-refractivity contribution in [3.05, 3.63) is 88.2 Å². The summed E-state index contributed by atoms with van der Waals surface area (Å²) in [7, 11) is 0. The lowest BCUT2D eigenvalue weighted by atomic mass is 10.1. The molecule has 0 saturated carbocycles. The van der Waals surface area contributed by atoms with Gasteiger partial charge in [0.05, 0.1) is 5.56 Å². The second-order valence-corrected chi connectivity index (χ2v) is 5.14. The molecule has 0 bridgehead atoms. The molecule has 0 saturated heterocycles. The van der Waals surface area contributed by atoms with Gasteiger partial charge in [-0.1, -0.05) is 42.5 Å². The van der Waals surface area contributed by atoms with Crippen molar-refractivity contribution in [3.8, 4) is 16.9 Å². The van der Waals surface area contributed by atoms with E-state index in [0.29, 0.717) is 16.9 Å². The van der Waals surface area contributed by atoms with E-state index in [0.717, 1.165) is 5.56 Å². The standard InChI is InChI=1S/C19H15FO3/c1-13-19(23-11-14-5-3-2-4-6-14)18(21)17(12-22-13)15-7-9-16(20)10-8-15/h2-10,12H,11H2,1H3. The molecule has 0 unspecified atom stereocenters. The van der Waals surface area contributed by atoms with Crippen molar-refractivity contribution in [1.29, 1.82) is 0 Å². The molecule has 3 nitrogen and oxygen atoms in total. The molecule has 23 heavy (non-hydrogen) atoms. The molecular weight excluding hydrogens is 295 g/mol. The lowest BCUT2D eigenvalue weighted by Gasteiger charge is -2.09. The van der Waals surface area contributed by atoms with Crippen molar-refractivity contribution in [2.45, 2.75) is 13.5 Å². The summed E-state index contributed by atoms with van der Waals surface area (Å²) < 4.78 is 24.1. The Morgan fingerprint density at radius 1 is 1.04 bits per heavy atom. The van der Waals surface area contributed by atoms with Gasteiger partial charge in [-0.15, -0.1) is 0 Å². The Hall–Kier alpha value is -2.88. The van der Waals surface area contributed by atoms with Crippen LogP contribution in [0.3, 0.4) is 0 Å². The minimum absolute atomic E-state index is 0.177. The van der Waals surface area contributed by atoms with Crippen LogP contribution >= 0.6 is 0 Å². The third kappa shape index (κ3) is 3.31. The summed E-state index contributed by atoms with van der Waals surface area (Å²) in [5.41, 5.74) is 1.62. The topological polar surface area (TPSA) is 39.4 Å². The van der Waals surface area contributed by atoms with Crippen LogP contribution in [0.1, 0.15) is 11.3 Å². The Balaban J connectivity index is 1.93. The molecule has 116 valence electrons. The maximum absolute atomic E-state index is 13.0. The van der Waals surface area contributed by atoms with Crippen molar-refractivity contribution in [2.75, 3.05) is 0 Å². The highest BCUT2D eigenvalue weighted by Crippen LogP contribution is 2.22. The molecule has 1 aromatic heterocycles. The number of aryl methyl sites for hydroxylation is 1. The third-order valence-corrected chi connectivity index (χ3v) is 3.51. The van der Waals surface area contributed by atoms with E-state index in [4.69, 9.17) is 9.15 Å². The maximum Gasteiger partial charge on any atom is 0.234 e. The molecule has 4 heteroatoms. The van der Waals surface area contributed by atoms with Crippen LogP contribution in [0.15, 0.2) is 70.1 Å². The molecule has 0 amide bonds. The molecular formula is C19H15FO3. The highest BCUT2D eigenvalue weighted by molar-refractivity contribution is 5.63. The van der Waals surface area contributed by atoms with Gasteiger partial charge in [0.2, 0.25) is 11.2 Å². The first-order chi connectivity index (χ1) is 11.1. The van der Waals surface area contributed by atoms with Crippen LogP contribution in [-0.4, -0.2) is 0 Å². The van der Waals surface area contributed by atoms with Crippen LogP contribution in [0.5, 0.6) is 5.75 Å². The zero-order valence-corrected chi connectivity index (χ0v) is 12.6. The molecule has 0 aliphatic heterocycles. The zero-order chi connectivity index (χ0) is 16.2. The lowest BCUT2D eigenvalue weighted by molar-refractivity contribution is 0.287. The van der Waals surface area contributed by atoms with E-state index in [1.165, 1.54) is 30.5 Å². The molecule has 0 aliphatic carbocycles. The number of hydrogen-bond donors (Lipinski definition) is 0. The normalized spacial score (nSPS) is 10.5. The van der Waals surface area contributed by atoms with Crippen molar-refractivity contribution in [1.82, 2.24) is 0 Å². The van der Waals surface area contributed by atoms with Gasteiger partial charge in [-0.05, 0) is 30.2 Å². The summed E-state index contributed by atoms with van der Waals surface area (Å²) in [5, 5.41) is 0. The minimum atomic E-state index is -0.356.